The fourth-order valence-corrected chi connectivity index (χ4v) is 2.21. The van der Waals surface area contributed by atoms with Crippen molar-refractivity contribution in [2.75, 3.05) is 0 Å². The molecule has 0 radical (unpaired) electrons. The van der Waals surface area contributed by atoms with Crippen molar-refractivity contribution < 1.29 is 10.2 Å². The molecule has 0 aliphatic carbocycles. The summed E-state index contributed by atoms with van der Waals surface area (Å²) in [6.07, 6.45) is -1.86. The monoisotopic (exact) mass is 370 g/mol. The summed E-state index contributed by atoms with van der Waals surface area (Å²) in [5, 5.41) is 20.3. The zero-order valence-corrected chi connectivity index (χ0v) is 12.6. The van der Waals surface area contributed by atoms with E-state index in [1.54, 1.807) is 24.3 Å². The van der Waals surface area contributed by atoms with Gasteiger partial charge in [0.1, 0.15) is 12.2 Å². The average molecular weight is 372 g/mol. The molecule has 0 saturated carbocycles. The molecule has 0 unspecified atom stereocenters. The first-order chi connectivity index (χ1) is 8.58. The first-order valence-corrected chi connectivity index (χ1v) is 7.03. The number of halogens is 2. The van der Waals surface area contributed by atoms with Gasteiger partial charge in [0.15, 0.2) is 0 Å². The molecule has 0 aliphatic rings. The van der Waals surface area contributed by atoms with Gasteiger partial charge in [-0.3, -0.25) is 0 Å². The van der Waals surface area contributed by atoms with Crippen molar-refractivity contribution >= 4 is 31.9 Å². The SMILES string of the molecule is O[C@H](c1ccc(Br)cc1)[C@@H](O)c1ccc(Br)cc1. The maximum absolute atomic E-state index is 10.1. The Bertz CT molecular complexity index is 459. The molecule has 94 valence electrons. The van der Waals surface area contributed by atoms with Crippen LogP contribution < -0.4 is 0 Å². The van der Waals surface area contributed by atoms with Gasteiger partial charge in [0.2, 0.25) is 0 Å². The van der Waals surface area contributed by atoms with Gasteiger partial charge in [0, 0.05) is 8.95 Å². The van der Waals surface area contributed by atoms with Gasteiger partial charge in [-0.1, -0.05) is 56.1 Å². The lowest BCUT2D eigenvalue weighted by Gasteiger charge is -2.18. The van der Waals surface area contributed by atoms with E-state index in [0.29, 0.717) is 11.1 Å². The number of hydrogen-bond acceptors (Lipinski definition) is 2. The van der Waals surface area contributed by atoms with E-state index in [2.05, 4.69) is 31.9 Å². The Morgan fingerprint density at radius 1 is 0.611 bits per heavy atom. The maximum atomic E-state index is 10.1. The zero-order valence-electron chi connectivity index (χ0n) is 9.42. The molecule has 18 heavy (non-hydrogen) atoms. The van der Waals surface area contributed by atoms with Crippen LogP contribution in [0.3, 0.4) is 0 Å². The van der Waals surface area contributed by atoms with E-state index in [4.69, 9.17) is 0 Å². The molecule has 0 aliphatic heterocycles. The highest BCUT2D eigenvalue weighted by atomic mass is 79.9. The molecular formula is C14H12Br2O2. The normalized spacial score (nSPS) is 14.2. The summed E-state index contributed by atoms with van der Waals surface area (Å²) in [7, 11) is 0. The van der Waals surface area contributed by atoms with E-state index in [0.717, 1.165) is 8.95 Å². The molecule has 0 fully saturated rings. The lowest BCUT2D eigenvalue weighted by Crippen LogP contribution is -2.10. The fraction of sp³-hybridized carbons (Fsp3) is 0.143. The molecule has 2 aromatic rings. The molecule has 0 aromatic heterocycles. The second kappa shape index (κ2) is 5.97. The largest absolute Gasteiger partial charge is 0.385 e. The van der Waals surface area contributed by atoms with Crippen LogP contribution in [0.25, 0.3) is 0 Å². The van der Waals surface area contributed by atoms with Crippen molar-refractivity contribution in [3.05, 3.63) is 68.6 Å². The lowest BCUT2D eigenvalue weighted by atomic mass is 9.98. The highest BCUT2D eigenvalue weighted by molar-refractivity contribution is 9.10. The van der Waals surface area contributed by atoms with Crippen LogP contribution in [0.15, 0.2) is 57.5 Å². The molecule has 4 heteroatoms. The van der Waals surface area contributed by atoms with Gasteiger partial charge in [-0.25, -0.2) is 0 Å². The summed E-state index contributed by atoms with van der Waals surface area (Å²) in [6, 6.07) is 14.5. The van der Waals surface area contributed by atoms with E-state index < -0.39 is 12.2 Å². The van der Waals surface area contributed by atoms with Crippen LogP contribution >= 0.6 is 31.9 Å². The van der Waals surface area contributed by atoms with Crippen LogP contribution in [0.5, 0.6) is 0 Å². The average Bonchev–Trinajstić information content (AvgIpc) is 2.39. The quantitative estimate of drug-likeness (QED) is 0.856. The van der Waals surface area contributed by atoms with Crippen molar-refractivity contribution in [1.29, 1.82) is 0 Å². The third-order valence-electron chi connectivity index (χ3n) is 2.72. The number of aliphatic hydroxyl groups is 2. The Morgan fingerprint density at radius 2 is 0.889 bits per heavy atom. The summed E-state index contributed by atoms with van der Waals surface area (Å²) in [4.78, 5) is 0. The first-order valence-electron chi connectivity index (χ1n) is 5.45. The Morgan fingerprint density at radius 3 is 1.17 bits per heavy atom. The van der Waals surface area contributed by atoms with Crippen molar-refractivity contribution in [2.24, 2.45) is 0 Å². The predicted molar refractivity (Wildman–Crippen MR) is 78.2 cm³/mol. The van der Waals surface area contributed by atoms with Crippen LogP contribution in [0.2, 0.25) is 0 Å². The van der Waals surface area contributed by atoms with Crippen molar-refractivity contribution in [2.45, 2.75) is 12.2 Å². The Balaban J connectivity index is 2.20. The standard InChI is InChI=1S/C14H12Br2O2/c15-11-5-1-9(2-6-11)13(17)14(18)10-3-7-12(16)8-4-10/h1-8,13-14,17-18H/t13-,14+. The first kappa shape index (κ1) is 13.7. The molecule has 2 nitrogen and oxygen atoms in total. The topological polar surface area (TPSA) is 40.5 Å². The smallest absolute Gasteiger partial charge is 0.109 e. The number of aliphatic hydroxyl groups excluding tert-OH is 2. The minimum Gasteiger partial charge on any atom is -0.385 e. The predicted octanol–water partition coefficient (Wildman–Crippen LogP) is 3.98. The summed E-state index contributed by atoms with van der Waals surface area (Å²) in [5.74, 6) is 0. The molecule has 0 amide bonds. The molecule has 0 saturated heterocycles. The minimum absolute atomic E-state index is 0.689. The third kappa shape index (κ3) is 3.20. The second-order valence-corrected chi connectivity index (χ2v) is 5.82. The van der Waals surface area contributed by atoms with Gasteiger partial charge in [-0.2, -0.15) is 0 Å². The fourth-order valence-electron chi connectivity index (χ4n) is 1.68. The lowest BCUT2D eigenvalue weighted by molar-refractivity contribution is 0.0172. The van der Waals surface area contributed by atoms with Gasteiger partial charge in [0.05, 0.1) is 0 Å². The van der Waals surface area contributed by atoms with Crippen LogP contribution in [0.1, 0.15) is 23.3 Å². The summed E-state index contributed by atoms with van der Waals surface area (Å²) < 4.78 is 1.88. The van der Waals surface area contributed by atoms with Crippen molar-refractivity contribution in [3.8, 4) is 0 Å². The molecule has 2 rings (SSSR count). The zero-order chi connectivity index (χ0) is 13.1. The Hall–Kier alpha value is -0.680. The molecule has 0 heterocycles. The van der Waals surface area contributed by atoms with Gasteiger partial charge in [0.25, 0.3) is 0 Å². The molecule has 2 N–H and O–H groups in total. The highest BCUT2D eigenvalue weighted by Crippen LogP contribution is 2.29. The van der Waals surface area contributed by atoms with E-state index in [1.165, 1.54) is 0 Å². The number of rotatable bonds is 3. The molecule has 0 bridgehead atoms. The Labute approximate surface area is 123 Å². The van der Waals surface area contributed by atoms with Crippen molar-refractivity contribution in [3.63, 3.8) is 0 Å². The van der Waals surface area contributed by atoms with E-state index in [-0.39, 0.29) is 0 Å². The Kier molecular flexibility index (Phi) is 4.56. The van der Waals surface area contributed by atoms with Gasteiger partial charge >= 0.3 is 0 Å². The van der Waals surface area contributed by atoms with E-state index >= 15 is 0 Å². The minimum atomic E-state index is -0.931. The maximum Gasteiger partial charge on any atom is 0.109 e. The van der Waals surface area contributed by atoms with Crippen LogP contribution in [0, 0.1) is 0 Å². The summed E-state index contributed by atoms with van der Waals surface area (Å²) >= 11 is 6.67. The second-order valence-electron chi connectivity index (χ2n) is 3.99. The molecule has 2 atom stereocenters. The molecule has 0 spiro atoms. The summed E-state index contributed by atoms with van der Waals surface area (Å²) in [6.45, 7) is 0. The van der Waals surface area contributed by atoms with Crippen LogP contribution in [-0.2, 0) is 0 Å². The van der Waals surface area contributed by atoms with Crippen molar-refractivity contribution in [1.82, 2.24) is 0 Å². The van der Waals surface area contributed by atoms with Crippen LogP contribution in [0.4, 0.5) is 0 Å². The van der Waals surface area contributed by atoms with Gasteiger partial charge in [-0.15, -0.1) is 0 Å². The van der Waals surface area contributed by atoms with E-state index in [9.17, 15) is 10.2 Å². The molecular weight excluding hydrogens is 360 g/mol. The molecule has 2 aromatic carbocycles. The summed E-state index contributed by atoms with van der Waals surface area (Å²) in [5.41, 5.74) is 1.38. The van der Waals surface area contributed by atoms with Gasteiger partial charge < -0.3 is 10.2 Å². The van der Waals surface area contributed by atoms with Crippen LogP contribution in [-0.4, -0.2) is 10.2 Å². The highest BCUT2D eigenvalue weighted by Gasteiger charge is 2.19. The van der Waals surface area contributed by atoms with E-state index in [1.807, 2.05) is 24.3 Å². The number of benzene rings is 2. The third-order valence-corrected chi connectivity index (χ3v) is 3.78. The number of hydrogen-bond donors (Lipinski definition) is 2. The van der Waals surface area contributed by atoms with Gasteiger partial charge in [-0.05, 0) is 35.4 Å².